The highest BCUT2D eigenvalue weighted by Crippen LogP contribution is 2.26. The van der Waals surface area contributed by atoms with Crippen LogP contribution in [0.4, 0.5) is 0 Å². The molecule has 0 bridgehead atoms. The topological polar surface area (TPSA) is 29.5 Å². The number of hydrogen-bond acceptors (Lipinski definition) is 3. The van der Waals surface area contributed by atoms with Crippen molar-refractivity contribution >= 4 is 38.9 Å². The molecule has 23 heavy (non-hydrogen) atoms. The van der Waals surface area contributed by atoms with Crippen molar-refractivity contribution in [3.8, 4) is 5.75 Å². The molecule has 5 heteroatoms. The first-order valence-corrected chi connectivity index (χ1v) is 8.46. The zero-order valence-corrected chi connectivity index (χ0v) is 14.2. The maximum atomic E-state index is 12.5. The zero-order valence-electron chi connectivity index (χ0n) is 12.7. The molecule has 0 aliphatic carbocycles. The number of rotatable bonds is 5. The predicted molar refractivity (Wildman–Crippen MR) is 95.7 cm³/mol. The Balaban J connectivity index is 1.60. The van der Waals surface area contributed by atoms with Crippen LogP contribution in [0.5, 0.6) is 5.75 Å². The van der Waals surface area contributed by atoms with Crippen molar-refractivity contribution in [3.63, 3.8) is 0 Å². The molecule has 0 unspecified atom stereocenters. The van der Waals surface area contributed by atoms with E-state index in [1.54, 1.807) is 18.0 Å². The van der Waals surface area contributed by atoms with Crippen LogP contribution in [0.3, 0.4) is 0 Å². The van der Waals surface area contributed by atoms with Crippen LogP contribution in [-0.2, 0) is 0 Å². The molecule has 0 spiro atoms. The van der Waals surface area contributed by atoms with Crippen LogP contribution in [0.25, 0.3) is 10.1 Å². The highest BCUT2D eigenvalue weighted by molar-refractivity contribution is 7.20. The van der Waals surface area contributed by atoms with Gasteiger partial charge in [-0.2, -0.15) is 0 Å². The first-order chi connectivity index (χ1) is 11.1. The molecular weight excluding hydrogens is 330 g/mol. The monoisotopic (exact) mass is 345 g/mol. The van der Waals surface area contributed by atoms with Crippen LogP contribution in [0.2, 0.25) is 5.02 Å². The predicted octanol–water partition coefficient (Wildman–Crippen LogP) is 4.71. The van der Waals surface area contributed by atoms with E-state index in [4.69, 9.17) is 16.3 Å². The molecule has 3 aromatic rings. The summed E-state index contributed by atoms with van der Waals surface area (Å²) in [7, 11) is 1.78. The lowest BCUT2D eigenvalue weighted by Gasteiger charge is -2.17. The second-order valence-electron chi connectivity index (χ2n) is 5.15. The summed E-state index contributed by atoms with van der Waals surface area (Å²) in [6, 6.07) is 17.3. The van der Waals surface area contributed by atoms with Gasteiger partial charge in [0.15, 0.2) is 0 Å². The largest absolute Gasteiger partial charge is 0.490 e. The third kappa shape index (κ3) is 3.66. The third-order valence-corrected chi connectivity index (χ3v) is 4.92. The Morgan fingerprint density at radius 2 is 1.91 bits per heavy atom. The van der Waals surface area contributed by atoms with E-state index in [2.05, 4.69) is 0 Å². The van der Waals surface area contributed by atoms with E-state index >= 15 is 0 Å². The number of benzene rings is 2. The molecule has 3 nitrogen and oxygen atoms in total. The first-order valence-electron chi connectivity index (χ1n) is 7.26. The standard InChI is InChI=1S/C18H16ClNO2S/c1-20(10-11-22-15-8-4-3-7-14(15)19)18(21)17-12-13-6-2-5-9-16(13)23-17/h2-9,12H,10-11H2,1H3. The number of para-hydroxylation sites is 1. The minimum Gasteiger partial charge on any atom is -0.490 e. The number of carbonyl (C=O) groups excluding carboxylic acids is 1. The van der Waals surface area contributed by atoms with Crippen molar-refractivity contribution in [1.29, 1.82) is 0 Å². The molecule has 0 aliphatic rings. The van der Waals surface area contributed by atoms with Crippen LogP contribution < -0.4 is 4.74 Å². The Bertz CT molecular complexity index is 798. The fourth-order valence-electron chi connectivity index (χ4n) is 2.23. The molecule has 2 aromatic carbocycles. The molecule has 1 heterocycles. The Morgan fingerprint density at radius 3 is 2.70 bits per heavy atom. The fraction of sp³-hybridized carbons (Fsp3) is 0.167. The molecule has 1 amide bonds. The number of amides is 1. The van der Waals surface area contributed by atoms with Gasteiger partial charge in [-0.1, -0.05) is 41.9 Å². The first kappa shape index (κ1) is 15.8. The molecule has 0 N–H and O–H groups in total. The molecule has 0 atom stereocenters. The third-order valence-electron chi connectivity index (χ3n) is 3.50. The van der Waals surface area contributed by atoms with E-state index < -0.39 is 0 Å². The number of ether oxygens (including phenoxy) is 1. The number of halogens is 1. The highest BCUT2D eigenvalue weighted by atomic mass is 35.5. The molecular formula is C18H16ClNO2S. The fourth-order valence-corrected chi connectivity index (χ4v) is 3.48. The summed E-state index contributed by atoms with van der Waals surface area (Å²) < 4.78 is 6.75. The number of fused-ring (bicyclic) bond motifs is 1. The van der Waals surface area contributed by atoms with E-state index in [-0.39, 0.29) is 5.91 Å². The lowest BCUT2D eigenvalue weighted by molar-refractivity contribution is 0.0778. The van der Waals surface area contributed by atoms with E-state index in [9.17, 15) is 4.79 Å². The summed E-state index contributed by atoms with van der Waals surface area (Å²) in [4.78, 5) is 14.9. The maximum absolute atomic E-state index is 12.5. The SMILES string of the molecule is CN(CCOc1ccccc1Cl)C(=O)c1cc2ccccc2s1. The molecule has 0 fully saturated rings. The Hall–Kier alpha value is -2.04. The minimum atomic E-state index is 0.00830. The lowest BCUT2D eigenvalue weighted by atomic mass is 10.2. The van der Waals surface area contributed by atoms with Gasteiger partial charge in [0, 0.05) is 11.7 Å². The summed E-state index contributed by atoms with van der Waals surface area (Å²) in [5, 5.41) is 1.67. The number of likely N-dealkylation sites (N-methyl/N-ethyl adjacent to an activating group) is 1. The smallest absolute Gasteiger partial charge is 0.263 e. The van der Waals surface area contributed by atoms with E-state index in [0.717, 1.165) is 15.0 Å². The van der Waals surface area contributed by atoms with Crippen molar-refractivity contribution in [2.45, 2.75) is 0 Å². The number of nitrogens with zero attached hydrogens (tertiary/aromatic N) is 1. The second-order valence-corrected chi connectivity index (χ2v) is 6.65. The van der Waals surface area contributed by atoms with Gasteiger partial charge >= 0.3 is 0 Å². The zero-order chi connectivity index (χ0) is 16.2. The van der Waals surface area contributed by atoms with E-state index in [1.807, 2.05) is 48.5 Å². The normalized spacial score (nSPS) is 10.7. The van der Waals surface area contributed by atoms with Crippen molar-refractivity contribution in [1.82, 2.24) is 4.90 Å². The Kier molecular flexibility index (Phi) is 4.84. The number of thiophene rings is 1. The molecule has 0 saturated carbocycles. The number of carbonyl (C=O) groups is 1. The summed E-state index contributed by atoms with van der Waals surface area (Å²) >= 11 is 7.55. The van der Waals surface area contributed by atoms with Gasteiger partial charge < -0.3 is 9.64 Å². The average Bonchev–Trinajstić information content (AvgIpc) is 2.99. The van der Waals surface area contributed by atoms with Crippen LogP contribution in [0.15, 0.2) is 54.6 Å². The Morgan fingerprint density at radius 1 is 1.17 bits per heavy atom. The average molecular weight is 346 g/mol. The van der Waals surface area contributed by atoms with Gasteiger partial charge in [0.1, 0.15) is 12.4 Å². The van der Waals surface area contributed by atoms with Crippen molar-refractivity contribution in [2.24, 2.45) is 0 Å². The molecule has 0 saturated heterocycles. The maximum Gasteiger partial charge on any atom is 0.263 e. The van der Waals surface area contributed by atoms with Crippen LogP contribution in [-0.4, -0.2) is 31.0 Å². The quantitative estimate of drug-likeness (QED) is 0.670. The van der Waals surface area contributed by atoms with Crippen LogP contribution in [0, 0.1) is 0 Å². The van der Waals surface area contributed by atoms with Crippen molar-refractivity contribution in [3.05, 3.63) is 64.5 Å². The molecule has 1 aromatic heterocycles. The van der Waals surface area contributed by atoms with Gasteiger partial charge in [0.05, 0.1) is 16.4 Å². The van der Waals surface area contributed by atoms with Crippen molar-refractivity contribution < 1.29 is 9.53 Å². The minimum absolute atomic E-state index is 0.00830. The Labute approximate surface area is 144 Å². The summed E-state index contributed by atoms with van der Waals surface area (Å²) in [5.41, 5.74) is 0. The van der Waals surface area contributed by atoms with Gasteiger partial charge in [0.25, 0.3) is 5.91 Å². The summed E-state index contributed by atoms with van der Waals surface area (Å²) in [5.74, 6) is 0.644. The highest BCUT2D eigenvalue weighted by Gasteiger charge is 2.14. The van der Waals surface area contributed by atoms with Gasteiger partial charge in [-0.15, -0.1) is 11.3 Å². The van der Waals surface area contributed by atoms with E-state index in [0.29, 0.717) is 23.9 Å². The van der Waals surface area contributed by atoms with Gasteiger partial charge in [-0.05, 0) is 29.7 Å². The van der Waals surface area contributed by atoms with E-state index in [1.165, 1.54) is 11.3 Å². The second kappa shape index (κ2) is 7.02. The van der Waals surface area contributed by atoms with Crippen LogP contribution in [0.1, 0.15) is 9.67 Å². The lowest BCUT2D eigenvalue weighted by Crippen LogP contribution is -2.30. The molecule has 0 aliphatic heterocycles. The summed E-state index contributed by atoms with van der Waals surface area (Å²) in [6.07, 6.45) is 0. The van der Waals surface area contributed by atoms with Gasteiger partial charge in [-0.3, -0.25) is 4.79 Å². The molecule has 118 valence electrons. The van der Waals surface area contributed by atoms with Crippen molar-refractivity contribution in [2.75, 3.05) is 20.2 Å². The van der Waals surface area contributed by atoms with Gasteiger partial charge in [0.2, 0.25) is 0 Å². The van der Waals surface area contributed by atoms with Crippen LogP contribution >= 0.6 is 22.9 Å². The molecule has 0 radical (unpaired) electrons. The number of hydrogen-bond donors (Lipinski definition) is 0. The summed E-state index contributed by atoms with van der Waals surface area (Å²) in [6.45, 7) is 0.898. The molecule has 3 rings (SSSR count). The van der Waals surface area contributed by atoms with Gasteiger partial charge in [-0.25, -0.2) is 0 Å².